The molecule has 186 valence electrons. The van der Waals surface area contributed by atoms with Crippen LogP contribution in [0.5, 0.6) is 5.75 Å². The van der Waals surface area contributed by atoms with Crippen LogP contribution in [0.2, 0.25) is 10.0 Å². The monoisotopic (exact) mass is 539 g/mol. The van der Waals surface area contributed by atoms with Crippen LogP contribution in [0.4, 0.5) is 17.1 Å². The zero-order chi connectivity index (χ0) is 26.4. The fraction of sp³-hybridized carbons (Fsp3) is 0.120. The Kier molecular flexibility index (Phi) is 6.14. The Labute approximate surface area is 219 Å². The van der Waals surface area contributed by atoms with Gasteiger partial charge in [-0.1, -0.05) is 35.3 Å². The molecule has 0 saturated carbocycles. The molecule has 1 saturated heterocycles. The Morgan fingerprint density at radius 3 is 2.51 bits per heavy atom. The predicted octanol–water partition coefficient (Wildman–Crippen LogP) is 4.66. The molecule has 2 heterocycles. The molecule has 5 rings (SSSR count). The fourth-order valence-corrected chi connectivity index (χ4v) is 4.72. The normalized spacial score (nSPS) is 16.8. The minimum Gasteiger partial charge on any atom is -0.426 e. The fourth-order valence-electron chi connectivity index (χ4n) is 4.33. The number of carbonyl (C=O) groups excluding carboxylic acids is 4. The third kappa shape index (κ3) is 4.30. The molecule has 0 N–H and O–H groups in total. The molecule has 3 aromatic carbocycles. The number of nitrogens with zero attached hydrogens (tertiary/aromatic N) is 3. The van der Waals surface area contributed by atoms with Gasteiger partial charge >= 0.3 is 5.97 Å². The van der Waals surface area contributed by atoms with E-state index in [1.165, 1.54) is 47.4 Å². The van der Waals surface area contributed by atoms with E-state index in [9.17, 15) is 29.3 Å². The van der Waals surface area contributed by atoms with E-state index in [2.05, 4.69) is 0 Å². The van der Waals surface area contributed by atoms with E-state index in [0.29, 0.717) is 15.7 Å². The van der Waals surface area contributed by atoms with Crippen molar-refractivity contribution in [2.24, 2.45) is 5.92 Å². The molecule has 0 unspecified atom stereocenters. The highest BCUT2D eigenvalue weighted by molar-refractivity contribution is 6.36. The molecular weight excluding hydrogens is 525 g/mol. The number of fused-ring (bicyclic) bond motifs is 1. The number of ether oxygens (including phenoxy) is 1. The highest BCUT2D eigenvalue weighted by Gasteiger charge is 2.42. The number of hydrogen-bond acceptors (Lipinski definition) is 7. The quantitative estimate of drug-likeness (QED) is 0.151. The summed E-state index contributed by atoms with van der Waals surface area (Å²) in [5.74, 6) is -3.38. The molecule has 1 atom stereocenters. The van der Waals surface area contributed by atoms with Gasteiger partial charge in [-0.15, -0.1) is 0 Å². The second-order valence-electron chi connectivity index (χ2n) is 8.32. The maximum atomic E-state index is 13.0. The minimum atomic E-state index is -0.855. The lowest BCUT2D eigenvalue weighted by Gasteiger charge is -2.18. The first kappa shape index (κ1) is 24.4. The van der Waals surface area contributed by atoms with Crippen LogP contribution in [0.15, 0.2) is 60.7 Å². The van der Waals surface area contributed by atoms with E-state index in [1.54, 1.807) is 12.1 Å². The summed E-state index contributed by atoms with van der Waals surface area (Å²) in [7, 11) is 0. The van der Waals surface area contributed by atoms with Crippen molar-refractivity contribution >= 4 is 64.0 Å². The molecule has 10 nitrogen and oxygen atoms in total. The number of benzene rings is 3. The van der Waals surface area contributed by atoms with Crippen molar-refractivity contribution in [1.29, 1.82) is 0 Å². The lowest BCUT2D eigenvalue weighted by atomic mass is 10.1. The standard InChI is InChI=1S/C25H15Cl2N3O7/c26-14-7-8-18(27)20(10-14)28-12-13(9-21(28)31)25(34)37-16-4-1-3-15(11-16)29-23(32)17-5-2-6-19(30(35)36)22(17)24(29)33/h1-8,10-11,13H,9,12H2/t13-/m1/s1. The molecule has 0 spiro atoms. The summed E-state index contributed by atoms with van der Waals surface area (Å²) in [6.45, 7) is 0.0273. The summed E-state index contributed by atoms with van der Waals surface area (Å²) in [5.41, 5.74) is -0.414. The van der Waals surface area contributed by atoms with Crippen molar-refractivity contribution in [3.05, 3.63) is 92.0 Å². The summed E-state index contributed by atoms with van der Waals surface area (Å²) < 4.78 is 5.46. The SMILES string of the molecule is O=C(Oc1cccc(N2C(=O)c3cccc([N+](=O)[O-])c3C2=O)c1)[C@@H]1CC(=O)N(c2cc(Cl)ccc2Cl)C1. The van der Waals surface area contributed by atoms with E-state index >= 15 is 0 Å². The number of nitro groups is 1. The second kappa shape index (κ2) is 9.30. The number of imide groups is 1. The molecule has 2 aliphatic rings. The molecule has 0 aromatic heterocycles. The van der Waals surface area contributed by atoms with Crippen LogP contribution < -0.4 is 14.5 Å². The zero-order valence-corrected chi connectivity index (χ0v) is 20.2. The molecule has 3 amide bonds. The lowest BCUT2D eigenvalue weighted by Crippen LogP contribution is -2.29. The van der Waals surface area contributed by atoms with Crippen LogP contribution in [0.25, 0.3) is 0 Å². The second-order valence-corrected chi connectivity index (χ2v) is 9.17. The smallest absolute Gasteiger partial charge is 0.316 e. The van der Waals surface area contributed by atoms with Crippen LogP contribution in [0.1, 0.15) is 27.1 Å². The van der Waals surface area contributed by atoms with Gasteiger partial charge < -0.3 is 9.64 Å². The van der Waals surface area contributed by atoms with Crippen molar-refractivity contribution in [3.63, 3.8) is 0 Å². The molecule has 0 bridgehead atoms. The Balaban J connectivity index is 1.35. The molecule has 1 fully saturated rings. The summed E-state index contributed by atoms with van der Waals surface area (Å²) in [4.78, 5) is 64.1. The van der Waals surface area contributed by atoms with Crippen LogP contribution >= 0.6 is 23.2 Å². The Morgan fingerprint density at radius 2 is 1.76 bits per heavy atom. The summed E-state index contributed by atoms with van der Waals surface area (Å²) in [6.07, 6.45) is -0.108. The first-order chi connectivity index (χ1) is 17.7. The third-order valence-electron chi connectivity index (χ3n) is 6.04. The molecular formula is C25H15Cl2N3O7. The van der Waals surface area contributed by atoms with E-state index in [0.717, 1.165) is 11.0 Å². The average molecular weight is 540 g/mol. The zero-order valence-electron chi connectivity index (χ0n) is 18.7. The number of halogens is 2. The maximum absolute atomic E-state index is 13.0. The molecule has 3 aromatic rings. The van der Waals surface area contributed by atoms with Crippen molar-refractivity contribution in [2.45, 2.75) is 6.42 Å². The molecule has 37 heavy (non-hydrogen) atoms. The van der Waals surface area contributed by atoms with E-state index < -0.39 is 34.3 Å². The number of hydrogen-bond donors (Lipinski definition) is 0. The highest BCUT2D eigenvalue weighted by atomic mass is 35.5. The van der Waals surface area contributed by atoms with E-state index in [-0.39, 0.29) is 41.4 Å². The van der Waals surface area contributed by atoms with Crippen LogP contribution in [-0.2, 0) is 9.59 Å². The van der Waals surface area contributed by atoms with Gasteiger partial charge in [-0.25, -0.2) is 4.90 Å². The summed E-state index contributed by atoms with van der Waals surface area (Å²) in [5, 5.41) is 12.0. The lowest BCUT2D eigenvalue weighted by molar-refractivity contribution is -0.385. The van der Waals surface area contributed by atoms with Gasteiger partial charge in [0.05, 0.1) is 32.8 Å². The van der Waals surface area contributed by atoms with Gasteiger partial charge in [0, 0.05) is 30.1 Å². The number of nitro benzene ring substituents is 1. The number of esters is 1. The number of carbonyl (C=O) groups is 4. The van der Waals surface area contributed by atoms with Crippen LogP contribution in [-0.4, -0.2) is 35.2 Å². The van der Waals surface area contributed by atoms with Crippen molar-refractivity contribution in [1.82, 2.24) is 0 Å². The molecule has 0 radical (unpaired) electrons. The van der Waals surface area contributed by atoms with Gasteiger partial charge in [-0.05, 0) is 36.4 Å². The summed E-state index contributed by atoms with van der Waals surface area (Å²) in [6, 6.07) is 14.1. The predicted molar refractivity (Wildman–Crippen MR) is 133 cm³/mol. The van der Waals surface area contributed by atoms with Gasteiger partial charge in [0.15, 0.2) is 0 Å². The van der Waals surface area contributed by atoms with Crippen LogP contribution in [0.3, 0.4) is 0 Å². The Hall–Kier alpha value is -4.28. The molecule has 0 aliphatic carbocycles. The molecule has 12 heteroatoms. The first-order valence-electron chi connectivity index (χ1n) is 10.9. The summed E-state index contributed by atoms with van der Waals surface area (Å²) >= 11 is 12.2. The van der Waals surface area contributed by atoms with Gasteiger partial charge in [0.2, 0.25) is 5.91 Å². The molecule has 2 aliphatic heterocycles. The maximum Gasteiger partial charge on any atom is 0.316 e. The number of amides is 3. The third-order valence-corrected chi connectivity index (χ3v) is 6.60. The minimum absolute atomic E-state index is 0.0273. The van der Waals surface area contributed by atoms with E-state index in [4.69, 9.17) is 27.9 Å². The van der Waals surface area contributed by atoms with Gasteiger partial charge in [-0.3, -0.25) is 29.3 Å². The Bertz CT molecular complexity index is 1520. The van der Waals surface area contributed by atoms with E-state index in [1.807, 2.05) is 0 Å². The van der Waals surface area contributed by atoms with Crippen LogP contribution in [0, 0.1) is 16.0 Å². The topological polar surface area (TPSA) is 127 Å². The largest absolute Gasteiger partial charge is 0.426 e. The Morgan fingerprint density at radius 1 is 1.00 bits per heavy atom. The highest BCUT2D eigenvalue weighted by Crippen LogP contribution is 2.36. The van der Waals surface area contributed by atoms with Crippen molar-refractivity contribution < 1.29 is 28.8 Å². The van der Waals surface area contributed by atoms with Crippen molar-refractivity contribution in [3.8, 4) is 5.75 Å². The average Bonchev–Trinajstić information content (AvgIpc) is 3.38. The van der Waals surface area contributed by atoms with Gasteiger partial charge in [0.25, 0.3) is 17.5 Å². The van der Waals surface area contributed by atoms with Gasteiger partial charge in [0.1, 0.15) is 11.3 Å². The number of rotatable bonds is 5. The first-order valence-corrected chi connectivity index (χ1v) is 11.6. The van der Waals surface area contributed by atoms with Crippen molar-refractivity contribution in [2.75, 3.05) is 16.3 Å². The number of anilines is 2. The van der Waals surface area contributed by atoms with Gasteiger partial charge in [-0.2, -0.15) is 0 Å².